The molecule has 3 aromatic rings. The number of piperidine rings is 1. The fourth-order valence-corrected chi connectivity index (χ4v) is 5.52. The zero-order chi connectivity index (χ0) is 23.7. The first kappa shape index (κ1) is 23.1. The molecule has 0 saturated carbocycles. The average molecular weight is 471 g/mol. The number of fused-ring (bicyclic) bond motifs is 1. The predicted octanol–water partition coefficient (Wildman–Crippen LogP) is 3.34. The fourth-order valence-electron chi connectivity index (χ4n) is 4.47. The zero-order valence-corrected chi connectivity index (χ0v) is 19.7. The smallest absolute Gasteiger partial charge is 0.262 e. The van der Waals surface area contributed by atoms with Gasteiger partial charge in [0.15, 0.2) is 0 Å². The summed E-state index contributed by atoms with van der Waals surface area (Å²) in [6, 6.07) is 5.89. The first-order chi connectivity index (χ1) is 15.7. The van der Waals surface area contributed by atoms with E-state index < -0.39 is 0 Å². The second-order valence-electron chi connectivity index (χ2n) is 8.97. The van der Waals surface area contributed by atoms with Crippen LogP contribution >= 0.6 is 11.3 Å². The van der Waals surface area contributed by atoms with Gasteiger partial charge in [0, 0.05) is 19.6 Å². The number of carbonyl (C=O) groups excluding carboxylic acids is 2. The number of benzene rings is 1. The molecule has 1 N–H and O–H groups in total. The van der Waals surface area contributed by atoms with Crippen LogP contribution in [0.5, 0.6) is 0 Å². The Labute approximate surface area is 195 Å². The normalized spacial score (nSPS) is 18.5. The summed E-state index contributed by atoms with van der Waals surface area (Å²) in [6.07, 6.45) is 2.48. The molecule has 2 unspecified atom stereocenters. The van der Waals surface area contributed by atoms with Crippen LogP contribution < -0.4 is 10.9 Å². The van der Waals surface area contributed by atoms with Gasteiger partial charge in [0.1, 0.15) is 17.2 Å². The molecule has 1 aliphatic heterocycles. The van der Waals surface area contributed by atoms with Crippen LogP contribution in [-0.2, 0) is 17.9 Å². The van der Waals surface area contributed by atoms with Gasteiger partial charge in [-0.25, -0.2) is 9.37 Å². The number of aromatic nitrogens is 2. The van der Waals surface area contributed by atoms with Gasteiger partial charge in [0.25, 0.3) is 11.5 Å². The van der Waals surface area contributed by atoms with Crippen LogP contribution in [0.4, 0.5) is 4.39 Å². The molecule has 1 aliphatic rings. The van der Waals surface area contributed by atoms with Crippen LogP contribution in [0.3, 0.4) is 0 Å². The van der Waals surface area contributed by atoms with Gasteiger partial charge in [-0.3, -0.25) is 19.0 Å². The number of amides is 2. The summed E-state index contributed by atoms with van der Waals surface area (Å²) in [4.78, 5) is 45.8. The van der Waals surface area contributed by atoms with Crippen LogP contribution in [0.15, 0.2) is 35.4 Å². The Balaban J connectivity index is 1.52. The zero-order valence-electron chi connectivity index (χ0n) is 18.9. The predicted molar refractivity (Wildman–Crippen MR) is 126 cm³/mol. The lowest BCUT2D eigenvalue weighted by atomic mass is 9.92. The summed E-state index contributed by atoms with van der Waals surface area (Å²) in [5.41, 5.74) is 0.993. The minimum absolute atomic E-state index is 0.0669. The maximum Gasteiger partial charge on any atom is 0.262 e. The lowest BCUT2D eigenvalue weighted by molar-refractivity contribution is -0.134. The molecule has 7 nitrogen and oxygen atoms in total. The summed E-state index contributed by atoms with van der Waals surface area (Å²) >= 11 is 1.15. The quantitative estimate of drug-likeness (QED) is 0.620. The van der Waals surface area contributed by atoms with Gasteiger partial charge in [-0.2, -0.15) is 0 Å². The number of rotatable bonds is 5. The van der Waals surface area contributed by atoms with E-state index in [0.717, 1.165) is 23.3 Å². The van der Waals surface area contributed by atoms with Crippen molar-refractivity contribution in [2.24, 2.45) is 11.8 Å². The van der Waals surface area contributed by atoms with Gasteiger partial charge in [-0.05, 0) is 48.4 Å². The summed E-state index contributed by atoms with van der Waals surface area (Å²) in [5.74, 6) is 0.116. The second-order valence-corrected chi connectivity index (χ2v) is 9.97. The van der Waals surface area contributed by atoms with E-state index in [-0.39, 0.29) is 36.3 Å². The Morgan fingerprint density at radius 1 is 1.18 bits per heavy atom. The third-order valence-electron chi connectivity index (χ3n) is 6.02. The number of hydrogen-bond acceptors (Lipinski definition) is 5. The van der Waals surface area contributed by atoms with E-state index in [1.807, 2.05) is 4.90 Å². The highest BCUT2D eigenvalue weighted by atomic mass is 32.1. The number of likely N-dealkylation sites (tertiary alicyclic amines) is 1. The molecule has 0 spiro atoms. The lowest BCUT2D eigenvalue weighted by Gasteiger charge is -2.35. The van der Waals surface area contributed by atoms with Crippen molar-refractivity contribution in [1.29, 1.82) is 0 Å². The number of nitrogens with zero attached hydrogens (tertiary/aromatic N) is 3. The number of aryl methyl sites for hydroxylation is 1. The van der Waals surface area contributed by atoms with Crippen LogP contribution in [0, 0.1) is 24.6 Å². The molecule has 4 rings (SSSR count). The molecule has 2 amide bonds. The molecule has 174 valence electrons. The molecule has 2 atom stereocenters. The molecule has 1 saturated heterocycles. The molecule has 33 heavy (non-hydrogen) atoms. The van der Waals surface area contributed by atoms with Crippen molar-refractivity contribution < 1.29 is 14.0 Å². The van der Waals surface area contributed by atoms with Crippen molar-refractivity contribution in [3.63, 3.8) is 0 Å². The Hall–Kier alpha value is -3.07. The third kappa shape index (κ3) is 4.98. The van der Waals surface area contributed by atoms with Gasteiger partial charge in [0.2, 0.25) is 5.91 Å². The highest BCUT2D eigenvalue weighted by molar-refractivity contribution is 7.20. The molecule has 1 aromatic carbocycles. The van der Waals surface area contributed by atoms with Crippen molar-refractivity contribution >= 4 is 33.4 Å². The second kappa shape index (κ2) is 9.43. The SMILES string of the molecule is Cc1c(C(=O)NCc2ccc(F)cc2)sc2ncn(CC(=O)N3CC(C)CC(C)C3)c(=O)c12. The van der Waals surface area contributed by atoms with E-state index in [2.05, 4.69) is 24.1 Å². The van der Waals surface area contributed by atoms with Crippen LogP contribution in [0.25, 0.3) is 10.2 Å². The van der Waals surface area contributed by atoms with Gasteiger partial charge < -0.3 is 10.2 Å². The van der Waals surface area contributed by atoms with E-state index in [1.54, 1.807) is 19.1 Å². The first-order valence-electron chi connectivity index (χ1n) is 11.0. The lowest BCUT2D eigenvalue weighted by Crippen LogP contribution is -2.44. The Bertz CT molecular complexity index is 1240. The van der Waals surface area contributed by atoms with E-state index in [9.17, 15) is 18.8 Å². The summed E-state index contributed by atoms with van der Waals surface area (Å²) in [7, 11) is 0. The third-order valence-corrected chi connectivity index (χ3v) is 7.22. The van der Waals surface area contributed by atoms with E-state index in [1.165, 1.54) is 23.0 Å². The largest absolute Gasteiger partial charge is 0.347 e. The van der Waals surface area contributed by atoms with Gasteiger partial charge in [-0.1, -0.05) is 26.0 Å². The molecule has 0 radical (unpaired) electrons. The van der Waals surface area contributed by atoms with E-state index in [4.69, 9.17) is 0 Å². The molecular formula is C24H27FN4O3S. The molecule has 3 heterocycles. The van der Waals surface area contributed by atoms with Crippen molar-refractivity contribution in [2.45, 2.75) is 40.3 Å². The number of nitrogens with one attached hydrogen (secondary N) is 1. The Morgan fingerprint density at radius 3 is 2.52 bits per heavy atom. The van der Waals surface area contributed by atoms with Crippen LogP contribution in [0.2, 0.25) is 0 Å². The monoisotopic (exact) mass is 470 g/mol. The van der Waals surface area contributed by atoms with Crippen molar-refractivity contribution in [3.05, 3.63) is 62.8 Å². The first-order valence-corrected chi connectivity index (χ1v) is 11.8. The van der Waals surface area contributed by atoms with Crippen LogP contribution in [0.1, 0.15) is 41.1 Å². The van der Waals surface area contributed by atoms with Crippen molar-refractivity contribution in [2.75, 3.05) is 13.1 Å². The van der Waals surface area contributed by atoms with Gasteiger partial charge in [-0.15, -0.1) is 11.3 Å². The summed E-state index contributed by atoms with van der Waals surface area (Å²) in [5, 5.41) is 3.17. The number of hydrogen-bond donors (Lipinski definition) is 1. The van der Waals surface area contributed by atoms with Gasteiger partial charge in [0.05, 0.1) is 16.6 Å². The van der Waals surface area contributed by atoms with Crippen molar-refractivity contribution in [1.82, 2.24) is 19.8 Å². The molecule has 2 aromatic heterocycles. The van der Waals surface area contributed by atoms with E-state index >= 15 is 0 Å². The molecule has 0 aliphatic carbocycles. The van der Waals surface area contributed by atoms with Crippen molar-refractivity contribution in [3.8, 4) is 0 Å². The number of halogens is 1. The maximum atomic E-state index is 13.1. The Morgan fingerprint density at radius 2 is 1.85 bits per heavy atom. The van der Waals surface area contributed by atoms with Crippen LogP contribution in [-0.4, -0.2) is 39.4 Å². The highest BCUT2D eigenvalue weighted by Gasteiger charge is 2.26. The molecule has 1 fully saturated rings. The number of carbonyl (C=O) groups is 2. The molecular weight excluding hydrogens is 443 g/mol. The van der Waals surface area contributed by atoms with Gasteiger partial charge >= 0.3 is 0 Å². The number of thiophene rings is 1. The topological polar surface area (TPSA) is 84.3 Å². The molecule has 0 bridgehead atoms. The highest BCUT2D eigenvalue weighted by Crippen LogP contribution is 2.27. The standard InChI is InChI=1S/C24H27FN4O3S/c1-14-8-15(2)11-28(10-14)19(30)12-29-13-27-23-20(24(29)32)16(3)21(33-23)22(31)26-9-17-4-6-18(25)7-5-17/h4-7,13-15H,8-12H2,1-3H3,(H,26,31). The minimum atomic E-state index is -0.337. The summed E-state index contributed by atoms with van der Waals surface area (Å²) < 4.78 is 14.4. The maximum absolute atomic E-state index is 13.1. The fraction of sp³-hybridized carbons (Fsp3) is 0.417. The minimum Gasteiger partial charge on any atom is -0.347 e. The molecule has 9 heteroatoms. The Kier molecular flexibility index (Phi) is 6.60. The average Bonchev–Trinajstić information content (AvgIpc) is 3.11. The van der Waals surface area contributed by atoms with E-state index in [0.29, 0.717) is 45.6 Å². The summed E-state index contributed by atoms with van der Waals surface area (Å²) in [6.45, 7) is 7.55.